The molecule has 274 valence electrons. The Morgan fingerprint density at radius 1 is 0.824 bits per heavy atom. The summed E-state index contributed by atoms with van der Waals surface area (Å²) in [5, 5.41) is 13.3. The molecule has 2 aliphatic carbocycles. The van der Waals surface area contributed by atoms with Gasteiger partial charge in [-0.2, -0.15) is 0 Å². The van der Waals surface area contributed by atoms with Crippen molar-refractivity contribution < 1.29 is 48.0 Å². The first kappa shape index (κ1) is 37.8. The lowest BCUT2D eigenvalue weighted by Gasteiger charge is -2.26. The van der Waals surface area contributed by atoms with Gasteiger partial charge in [0.15, 0.2) is 0 Å². The van der Waals surface area contributed by atoms with Crippen LogP contribution in [-0.4, -0.2) is 62.4 Å². The molecule has 51 heavy (non-hydrogen) atoms. The largest absolute Gasteiger partial charge is 0.515 e. The standard InChI is InChI=1S/C21H23NO6S.C15H17NO4S.CH4/c1-10-11(2)19(27-18(10)24)26-9-14-13-8-15-12(6-7-29-15)16(13)22(17(14)23)20(25)28-21(3,4)5;1-15(2,3)20-14(19)16-12-8-4-5-21-11(8)6-9(12)10(7-17)13(16)18;/h6-7,9,13,16,19H,8H2,1-5H3;4-5,7,9,12,17H,6H2,1-3H3;1H4/b14-9+;10-7-;. The van der Waals surface area contributed by atoms with E-state index in [0.717, 1.165) is 32.0 Å². The number of amides is 4. The van der Waals surface area contributed by atoms with Crippen LogP contribution in [0.3, 0.4) is 0 Å². The zero-order chi connectivity index (χ0) is 36.4. The second kappa shape index (κ2) is 13.6. The number of hydrogen-bond donors (Lipinski definition) is 1. The fourth-order valence-corrected chi connectivity index (χ4v) is 8.80. The first-order valence-corrected chi connectivity index (χ1v) is 18.0. The number of ether oxygens (including phenoxy) is 4. The fourth-order valence-electron chi connectivity index (χ4n) is 6.84. The molecule has 2 aromatic heterocycles. The second-order valence-electron chi connectivity index (χ2n) is 14.8. The van der Waals surface area contributed by atoms with Crippen LogP contribution in [0.4, 0.5) is 9.59 Å². The van der Waals surface area contributed by atoms with Gasteiger partial charge in [-0.15, -0.1) is 22.7 Å². The van der Waals surface area contributed by atoms with Crippen molar-refractivity contribution in [3.63, 3.8) is 0 Å². The van der Waals surface area contributed by atoms with E-state index < -0.39 is 53.5 Å². The molecule has 2 saturated heterocycles. The van der Waals surface area contributed by atoms with Crippen LogP contribution in [0.15, 0.2) is 57.7 Å². The average molecular weight is 741 g/mol. The topological polar surface area (TPSA) is 149 Å². The molecule has 2 aromatic rings. The lowest BCUT2D eigenvalue weighted by molar-refractivity contribution is -0.153. The van der Waals surface area contributed by atoms with Crippen molar-refractivity contribution in [3.05, 3.63) is 78.6 Å². The number of carbonyl (C=O) groups excluding carboxylic acids is 5. The predicted octanol–water partition coefficient (Wildman–Crippen LogP) is 7.68. The van der Waals surface area contributed by atoms with E-state index in [2.05, 4.69) is 0 Å². The molecule has 12 nitrogen and oxygen atoms in total. The number of carbonyl (C=O) groups is 5. The summed E-state index contributed by atoms with van der Waals surface area (Å²) in [7, 11) is 0. The molecule has 7 rings (SSSR count). The Labute approximate surface area is 305 Å². The minimum Gasteiger partial charge on any atom is -0.515 e. The van der Waals surface area contributed by atoms with Crippen LogP contribution in [0.2, 0.25) is 0 Å². The van der Waals surface area contributed by atoms with Gasteiger partial charge in [-0.3, -0.25) is 9.59 Å². The Hall–Kier alpha value is -4.43. The summed E-state index contributed by atoms with van der Waals surface area (Å²) in [4.78, 5) is 67.1. The van der Waals surface area contributed by atoms with Crippen LogP contribution in [0.5, 0.6) is 0 Å². The zero-order valence-corrected chi connectivity index (χ0v) is 30.7. The highest BCUT2D eigenvalue weighted by Gasteiger charge is 2.55. The number of esters is 1. The maximum Gasteiger partial charge on any atom is 0.417 e. The monoisotopic (exact) mass is 740 g/mol. The third-order valence-electron chi connectivity index (χ3n) is 9.16. The van der Waals surface area contributed by atoms with Gasteiger partial charge in [-0.1, -0.05) is 7.43 Å². The van der Waals surface area contributed by atoms with Crippen LogP contribution in [0.1, 0.15) is 95.8 Å². The molecule has 0 radical (unpaired) electrons. The Kier molecular flexibility index (Phi) is 10.1. The number of fused-ring (bicyclic) bond motifs is 6. The molecule has 5 atom stereocenters. The molecule has 4 amide bonds. The molecule has 0 saturated carbocycles. The van der Waals surface area contributed by atoms with E-state index in [1.807, 2.05) is 22.9 Å². The number of aliphatic hydroxyl groups is 1. The van der Waals surface area contributed by atoms with E-state index in [1.165, 1.54) is 11.2 Å². The van der Waals surface area contributed by atoms with Gasteiger partial charge in [-0.05, 0) is 102 Å². The van der Waals surface area contributed by atoms with E-state index >= 15 is 0 Å². The number of hydrogen-bond acceptors (Lipinski definition) is 12. The lowest BCUT2D eigenvalue weighted by atomic mass is 9.97. The molecule has 5 aliphatic rings. The summed E-state index contributed by atoms with van der Waals surface area (Å²) in [6.45, 7) is 14.0. The van der Waals surface area contributed by atoms with E-state index in [0.29, 0.717) is 29.6 Å². The lowest BCUT2D eigenvalue weighted by Crippen LogP contribution is -2.39. The first-order chi connectivity index (χ1) is 23.4. The van der Waals surface area contributed by atoms with Gasteiger partial charge in [0, 0.05) is 32.7 Å². The van der Waals surface area contributed by atoms with Gasteiger partial charge < -0.3 is 24.1 Å². The van der Waals surface area contributed by atoms with Crippen LogP contribution >= 0.6 is 22.7 Å². The number of thiophene rings is 2. The molecule has 14 heteroatoms. The molecule has 5 heterocycles. The van der Waals surface area contributed by atoms with Crippen molar-refractivity contribution in [1.82, 2.24) is 9.80 Å². The van der Waals surface area contributed by atoms with Gasteiger partial charge in [-0.25, -0.2) is 24.2 Å². The van der Waals surface area contributed by atoms with Gasteiger partial charge >= 0.3 is 18.2 Å². The number of aliphatic hydroxyl groups excluding tert-OH is 1. The third kappa shape index (κ3) is 6.83. The SMILES string of the molecule is C.CC(C)(C)OC(=O)N1C(=O)/C(=C\O)C2Cc3sccc3C21.CC1=C(C)C(O/C=C2/C(=O)N(C(=O)OC(C)(C)C)C3c4ccsc4CC23)OC1=O. The summed E-state index contributed by atoms with van der Waals surface area (Å²) in [5.74, 6) is -1.70. The Morgan fingerprint density at radius 3 is 1.69 bits per heavy atom. The van der Waals surface area contributed by atoms with Crippen molar-refractivity contribution in [3.8, 4) is 0 Å². The second-order valence-corrected chi connectivity index (χ2v) is 16.8. The zero-order valence-electron chi connectivity index (χ0n) is 29.1. The van der Waals surface area contributed by atoms with Crippen LogP contribution < -0.4 is 0 Å². The van der Waals surface area contributed by atoms with E-state index in [9.17, 15) is 29.1 Å². The minimum atomic E-state index is -0.854. The predicted molar refractivity (Wildman–Crippen MR) is 190 cm³/mol. The summed E-state index contributed by atoms with van der Waals surface area (Å²) in [5.41, 5.74) is 2.42. The molecule has 5 unspecified atom stereocenters. The van der Waals surface area contributed by atoms with Crippen LogP contribution in [0, 0.1) is 11.8 Å². The summed E-state index contributed by atoms with van der Waals surface area (Å²) in [6, 6.07) is 3.13. The normalized spacial score (nSPS) is 26.4. The summed E-state index contributed by atoms with van der Waals surface area (Å²) < 4.78 is 21.7. The highest BCUT2D eigenvalue weighted by molar-refractivity contribution is 7.10. The van der Waals surface area contributed by atoms with Gasteiger partial charge in [0.2, 0.25) is 0 Å². The number of nitrogens with zero attached hydrogens (tertiary/aromatic N) is 2. The molecule has 3 aliphatic heterocycles. The van der Waals surface area contributed by atoms with E-state index in [4.69, 9.17) is 18.9 Å². The Bertz CT molecular complexity index is 1870. The molecule has 0 aromatic carbocycles. The highest BCUT2D eigenvalue weighted by Crippen LogP contribution is 2.53. The van der Waals surface area contributed by atoms with Gasteiger partial charge in [0.25, 0.3) is 18.1 Å². The number of imide groups is 2. The average Bonchev–Trinajstić information content (AvgIpc) is 3.84. The van der Waals surface area contributed by atoms with Crippen molar-refractivity contribution in [2.75, 3.05) is 0 Å². The maximum absolute atomic E-state index is 13.2. The number of likely N-dealkylation sites (tertiary alicyclic amines) is 2. The molecule has 0 bridgehead atoms. The van der Waals surface area contributed by atoms with Gasteiger partial charge in [0.05, 0.1) is 35.8 Å². The molecule has 0 spiro atoms. The van der Waals surface area contributed by atoms with E-state index in [1.54, 1.807) is 78.1 Å². The fraction of sp³-hybridized carbons (Fsp3) is 0.486. The highest BCUT2D eigenvalue weighted by atomic mass is 32.1. The summed E-state index contributed by atoms with van der Waals surface area (Å²) in [6.07, 6.45) is 1.33. The maximum atomic E-state index is 13.2. The van der Waals surface area contributed by atoms with Crippen molar-refractivity contribution in [1.29, 1.82) is 0 Å². The number of cyclic esters (lactones) is 1. The van der Waals surface area contributed by atoms with Crippen LogP contribution in [0.25, 0.3) is 0 Å². The molecule has 1 N–H and O–H groups in total. The van der Waals surface area contributed by atoms with Crippen molar-refractivity contribution in [2.45, 2.75) is 105 Å². The smallest absolute Gasteiger partial charge is 0.417 e. The number of rotatable bonds is 2. The Morgan fingerprint density at radius 2 is 1.27 bits per heavy atom. The molecular formula is C37H44N2O10S2. The van der Waals surface area contributed by atoms with E-state index in [-0.39, 0.29) is 30.9 Å². The molecule has 2 fully saturated rings. The third-order valence-corrected chi connectivity index (χ3v) is 11.1. The van der Waals surface area contributed by atoms with Crippen LogP contribution in [-0.2, 0) is 46.2 Å². The quantitative estimate of drug-likeness (QED) is 0.141. The van der Waals surface area contributed by atoms with Gasteiger partial charge in [0.1, 0.15) is 11.2 Å². The van der Waals surface area contributed by atoms with Crippen molar-refractivity contribution in [2.24, 2.45) is 11.8 Å². The first-order valence-electron chi connectivity index (χ1n) is 16.3. The molecular weight excluding hydrogens is 697 g/mol. The minimum absolute atomic E-state index is 0. The summed E-state index contributed by atoms with van der Waals surface area (Å²) >= 11 is 3.22. The Balaban J connectivity index is 0.000000204. The van der Waals surface area contributed by atoms with Crippen molar-refractivity contribution >= 4 is 52.6 Å².